The standard InChI is InChI=1S/C16H22N2O2/c1-12-5-2-3-6-13(12)15-11-18(9-10-20-15)16(19)14-7-4-8-17-14/h2-3,5-6,14-15,17H,4,7-11H2,1H3/t14-,15+/m1/s1. The van der Waals surface area contributed by atoms with Crippen molar-refractivity contribution in [3.8, 4) is 0 Å². The van der Waals surface area contributed by atoms with E-state index in [9.17, 15) is 4.79 Å². The first kappa shape index (κ1) is 13.6. The van der Waals surface area contributed by atoms with Crippen molar-refractivity contribution in [2.45, 2.75) is 31.9 Å². The van der Waals surface area contributed by atoms with Crippen LogP contribution in [0.4, 0.5) is 0 Å². The summed E-state index contributed by atoms with van der Waals surface area (Å²) in [6.07, 6.45) is 2.07. The van der Waals surface area contributed by atoms with Crippen LogP contribution in [0.5, 0.6) is 0 Å². The number of rotatable bonds is 2. The van der Waals surface area contributed by atoms with Crippen LogP contribution in [0.1, 0.15) is 30.1 Å². The van der Waals surface area contributed by atoms with Gasteiger partial charge in [0, 0.05) is 6.54 Å². The van der Waals surface area contributed by atoms with Crippen molar-refractivity contribution >= 4 is 5.91 Å². The number of carbonyl (C=O) groups excluding carboxylic acids is 1. The number of ether oxygens (including phenoxy) is 1. The van der Waals surface area contributed by atoms with Gasteiger partial charge in [0.15, 0.2) is 0 Å². The molecule has 2 atom stereocenters. The number of hydrogen-bond donors (Lipinski definition) is 1. The number of hydrogen-bond acceptors (Lipinski definition) is 3. The molecule has 4 heteroatoms. The van der Waals surface area contributed by atoms with Crippen LogP contribution in [0.25, 0.3) is 0 Å². The Bertz CT molecular complexity index is 483. The molecule has 2 fully saturated rings. The fraction of sp³-hybridized carbons (Fsp3) is 0.562. The zero-order valence-corrected chi connectivity index (χ0v) is 12.0. The van der Waals surface area contributed by atoms with E-state index in [0.29, 0.717) is 19.7 Å². The Hall–Kier alpha value is -1.39. The molecule has 0 aliphatic carbocycles. The SMILES string of the molecule is Cc1ccccc1[C@@H]1CN(C(=O)[C@H]2CCCN2)CCO1. The second-order valence-electron chi connectivity index (χ2n) is 5.65. The first-order chi connectivity index (χ1) is 9.75. The average Bonchev–Trinajstić information content (AvgIpc) is 3.01. The van der Waals surface area contributed by atoms with Crippen LogP contribution >= 0.6 is 0 Å². The predicted octanol–water partition coefficient (Wildman–Crippen LogP) is 1.65. The number of carbonyl (C=O) groups is 1. The Kier molecular flexibility index (Phi) is 4.03. The molecule has 0 unspecified atom stereocenters. The van der Waals surface area contributed by atoms with Crippen LogP contribution < -0.4 is 5.32 Å². The first-order valence-electron chi connectivity index (χ1n) is 7.45. The van der Waals surface area contributed by atoms with Crippen LogP contribution in [0.3, 0.4) is 0 Å². The van der Waals surface area contributed by atoms with E-state index in [2.05, 4.69) is 24.4 Å². The van der Waals surface area contributed by atoms with Gasteiger partial charge in [0.2, 0.25) is 5.91 Å². The molecule has 20 heavy (non-hydrogen) atoms. The average molecular weight is 274 g/mol. The van der Waals surface area contributed by atoms with Gasteiger partial charge >= 0.3 is 0 Å². The molecule has 2 aliphatic heterocycles. The summed E-state index contributed by atoms with van der Waals surface area (Å²) in [4.78, 5) is 14.4. The molecule has 1 aromatic rings. The van der Waals surface area contributed by atoms with Gasteiger partial charge < -0.3 is 15.0 Å². The Morgan fingerprint density at radius 3 is 3.00 bits per heavy atom. The quantitative estimate of drug-likeness (QED) is 0.891. The molecule has 4 nitrogen and oxygen atoms in total. The molecular weight excluding hydrogens is 252 g/mol. The zero-order valence-electron chi connectivity index (χ0n) is 12.0. The minimum Gasteiger partial charge on any atom is -0.370 e. The lowest BCUT2D eigenvalue weighted by Gasteiger charge is -2.35. The number of morpholine rings is 1. The third-order valence-corrected chi connectivity index (χ3v) is 4.27. The minimum absolute atomic E-state index is 0.00954. The lowest BCUT2D eigenvalue weighted by atomic mass is 10.0. The molecular formula is C16H22N2O2. The van der Waals surface area contributed by atoms with Gasteiger partial charge in [0.1, 0.15) is 6.10 Å². The summed E-state index contributed by atoms with van der Waals surface area (Å²) >= 11 is 0. The van der Waals surface area contributed by atoms with E-state index in [1.807, 2.05) is 17.0 Å². The minimum atomic E-state index is 0.00954. The second kappa shape index (κ2) is 5.94. The molecule has 0 aromatic heterocycles. The van der Waals surface area contributed by atoms with Crippen molar-refractivity contribution in [1.82, 2.24) is 10.2 Å². The van der Waals surface area contributed by atoms with Crippen molar-refractivity contribution in [1.29, 1.82) is 0 Å². The molecule has 0 spiro atoms. The highest BCUT2D eigenvalue weighted by Gasteiger charge is 2.31. The van der Waals surface area contributed by atoms with Crippen molar-refractivity contribution < 1.29 is 9.53 Å². The Morgan fingerprint density at radius 2 is 2.25 bits per heavy atom. The summed E-state index contributed by atoms with van der Waals surface area (Å²) in [6.45, 7) is 5.05. The first-order valence-corrected chi connectivity index (χ1v) is 7.45. The number of aryl methyl sites for hydroxylation is 1. The number of nitrogens with zero attached hydrogens (tertiary/aromatic N) is 1. The maximum Gasteiger partial charge on any atom is 0.239 e. The maximum atomic E-state index is 12.5. The van der Waals surface area contributed by atoms with Crippen LogP contribution in [-0.4, -0.2) is 43.1 Å². The molecule has 0 bridgehead atoms. The largest absolute Gasteiger partial charge is 0.370 e. The third-order valence-electron chi connectivity index (χ3n) is 4.27. The molecule has 0 saturated carbocycles. The van der Waals surface area contributed by atoms with Crippen LogP contribution in [0.2, 0.25) is 0 Å². The van der Waals surface area contributed by atoms with E-state index >= 15 is 0 Å². The molecule has 1 aromatic carbocycles. The van der Waals surface area contributed by atoms with Gasteiger partial charge in [-0.05, 0) is 37.4 Å². The highest BCUT2D eigenvalue weighted by Crippen LogP contribution is 2.25. The van der Waals surface area contributed by atoms with E-state index in [1.54, 1.807) is 0 Å². The Labute approximate surface area is 120 Å². The molecule has 2 heterocycles. The lowest BCUT2D eigenvalue weighted by molar-refractivity contribution is -0.140. The lowest BCUT2D eigenvalue weighted by Crippen LogP contribution is -2.49. The van der Waals surface area contributed by atoms with E-state index < -0.39 is 0 Å². The third kappa shape index (κ3) is 2.72. The molecule has 2 aliphatic rings. The van der Waals surface area contributed by atoms with Crippen LogP contribution in [-0.2, 0) is 9.53 Å². The summed E-state index contributed by atoms with van der Waals surface area (Å²) in [6, 6.07) is 8.28. The van der Waals surface area contributed by atoms with Crippen molar-refractivity contribution in [2.75, 3.05) is 26.2 Å². The maximum absolute atomic E-state index is 12.5. The summed E-state index contributed by atoms with van der Waals surface area (Å²) in [5.74, 6) is 0.240. The number of nitrogens with one attached hydrogen (secondary N) is 1. The summed E-state index contributed by atoms with van der Waals surface area (Å²) in [5, 5.41) is 3.29. The van der Waals surface area contributed by atoms with Gasteiger partial charge in [0.25, 0.3) is 0 Å². The molecule has 3 rings (SSSR count). The second-order valence-corrected chi connectivity index (χ2v) is 5.65. The molecule has 2 saturated heterocycles. The Balaban J connectivity index is 1.70. The van der Waals surface area contributed by atoms with Crippen LogP contribution in [0, 0.1) is 6.92 Å². The van der Waals surface area contributed by atoms with Crippen molar-refractivity contribution in [3.05, 3.63) is 35.4 Å². The summed E-state index contributed by atoms with van der Waals surface area (Å²) in [7, 11) is 0. The number of amides is 1. The fourth-order valence-corrected chi connectivity index (χ4v) is 3.10. The predicted molar refractivity (Wildman–Crippen MR) is 77.5 cm³/mol. The van der Waals surface area contributed by atoms with E-state index in [4.69, 9.17) is 4.74 Å². The summed E-state index contributed by atoms with van der Waals surface area (Å²) < 4.78 is 5.87. The number of benzene rings is 1. The van der Waals surface area contributed by atoms with Gasteiger partial charge in [-0.15, -0.1) is 0 Å². The highest BCUT2D eigenvalue weighted by atomic mass is 16.5. The van der Waals surface area contributed by atoms with Gasteiger partial charge in [0.05, 0.1) is 19.2 Å². The van der Waals surface area contributed by atoms with E-state index in [0.717, 1.165) is 19.4 Å². The molecule has 108 valence electrons. The summed E-state index contributed by atoms with van der Waals surface area (Å²) in [5.41, 5.74) is 2.43. The topological polar surface area (TPSA) is 41.6 Å². The van der Waals surface area contributed by atoms with E-state index in [1.165, 1.54) is 11.1 Å². The van der Waals surface area contributed by atoms with Gasteiger partial charge in [-0.3, -0.25) is 4.79 Å². The van der Waals surface area contributed by atoms with Gasteiger partial charge in [-0.1, -0.05) is 24.3 Å². The smallest absolute Gasteiger partial charge is 0.239 e. The monoisotopic (exact) mass is 274 g/mol. The highest BCUT2D eigenvalue weighted by molar-refractivity contribution is 5.82. The van der Waals surface area contributed by atoms with Crippen molar-refractivity contribution in [3.63, 3.8) is 0 Å². The fourth-order valence-electron chi connectivity index (χ4n) is 3.10. The van der Waals surface area contributed by atoms with E-state index in [-0.39, 0.29) is 18.1 Å². The molecule has 1 N–H and O–H groups in total. The van der Waals surface area contributed by atoms with Gasteiger partial charge in [-0.25, -0.2) is 0 Å². The normalized spacial score (nSPS) is 26.8. The Morgan fingerprint density at radius 1 is 1.40 bits per heavy atom. The zero-order chi connectivity index (χ0) is 13.9. The van der Waals surface area contributed by atoms with Crippen LogP contribution in [0.15, 0.2) is 24.3 Å². The molecule has 0 radical (unpaired) electrons. The van der Waals surface area contributed by atoms with Crippen molar-refractivity contribution in [2.24, 2.45) is 0 Å². The van der Waals surface area contributed by atoms with Gasteiger partial charge in [-0.2, -0.15) is 0 Å². The molecule has 1 amide bonds.